The van der Waals surface area contributed by atoms with Crippen molar-refractivity contribution in [3.8, 4) is 11.6 Å². The fourth-order valence-electron chi connectivity index (χ4n) is 2.23. The Kier molecular flexibility index (Phi) is 5.53. The number of methoxy groups -OCH3 is 1. The van der Waals surface area contributed by atoms with E-state index in [0.717, 1.165) is 4.47 Å². The van der Waals surface area contributed by atoms with Crippen LogP contribution >= 0.6 is 27.5 Å². The van der Waals surface area contributed by atoms with Crippen LogP contribution in [0.3, 0.4) is 0 Å². The van der Waals surface area contributed by atoms with E-state index in [1.807, 2.05) is 6.07 Å². The van der Waals surface area contributed by atoms with Crippen LogP contribution in [0.1, 0.15) is 16.1 Å². The van der Waals surface area contributed by atoms with Crippen LogP contribution in [0.5, 0.6) is 5.88 Å². The van der Waals surface area contributed by atoms with Crippen molar-refractivity contribution in [2.45, 2.75) is 6.61 Å². The molecule has 7 heteroatoms. The minimum atomic E-state index is -0.473. The molecule has 0 fully saturated rings. The Morgan fingerprint density at radius 2 is 1.96 bits per heavy atom. The monoisotopic (exact) mass is 420 g/mol. The quantitative estimate of drug-likeness (QED) is 0.563. The van der Waals surface area contributed by atoms with E-state index in [9.17, 15) is 4.79 Å². The highest BCUT2D eigenvalue weighted by atomic mass is 79.9. The van der Waals surface area contributed by atoms with Crippen molar-refractivity contribution in [3.05, 3.63) is 75.4 Å². The number of benzene rings is 2. The molecule has 25 heavy (non-hydrogen) atoms. The molecule has 0 unspecified atom stereocenters. The van der Waals surface area contributed by atoms with E-state index in [1.54, 1.807) is 55.6 Å². The third-order valence-electron chi connectivity index (χ3n) is 3.35. The summed E-state index contributed by atoms with van der Waals surface area (Å²) in [5.74, 6) is -0.179. The molecule has 0 atom stereocenters. The summed E-state index contributed by atoms with van der Waals surface area (Å²) in [6.07, 6.45) is 0. The molecule has 128 valence electrons. The van der Waals surface area contributed by atoms with E-state index in [0.29, 0.717) is 34.5 Å². The van der Waals surface area contributed by atoms with Crippen molar-refractivity contribution in [1.82, 2.24) is 9.78 Å². The molecule has 1 aromatic heterocycles. The van der Waals surface area contributed by atoms with Crippen molar-refractivity contribution in [2.75, 3.05) is 7.11 Å². The number of nitrogens with zero attached hydrogens (tertiary/aromatic N) is 2. The van der Waals surface area contributed by atoms with Crippen LogP contribution < -0.4 is 4.74 Å². The third-order valence-corrected chi connectivity index (χ3v) is 4.11. The maximum absolute atomic E-state index is 12.4. The second-order valence-electron chi connectivity index (χ2n) is 5.20. The number of aromatic nitrogens is 2. The van der Waals surface area contributed by atoms with Gasteiger partial charge in [-0.25, -0.2) is 9.48 Å². The van der Waals surface area contributed by atoms with Crippen LogP contribution in [0.4, 0.5) is 0 Å². The molecule has 0 N–H and O–H groups in total. The molecular weight excluding hydrogens is 408 g/mol. The number of esters is 1. The lowest BCUT2D eigenvalue weighted by atomic mass is 10.2. The fourth-order valence-corrected chi connectivity index (χ4v) is 2.68. The summed E-state index contributed by atoms with van der Waals surface area (Å²) in [4.78, 5) is 12.4. The van der Waals surface area contributed by atoms with Gasteiger partial charge in [-0.1, -0.05) is 33.6 Å². The van der Waals surface area contributed by atoms with Crippen molar-refractivity contribution < 1.29 is 14.3 Å². The molecule has 0 amide bonds. The van der Waals surface area contributed by atoms with Crippen molar-refractivity contribution >= 4 is 33.5 Å². The summed E-state index contributed by atoms with van der Waals surface area (Å²) >= 11 is 9.39. The van der Waals surface area contributed by atoms with Crippen LogP contribution in [0.15, 0.2) is 59.1 Å². The maximum Gasteiger partial charge on any atom is 0.344 e. The van der Waals surface area contributed by atoms with Gasteiger partial charge in [0, 0.05) is 22.7 Å². The zero-order chi connectivity index (χ0) is 17.8. The van der Waals surface area contributed by atoms with Gasteiger partial charge in [0.2, 0.25) is 5.88 Å². The highest BCUT2D eigenvalue weighted by Crippen LogP contribution is 2.23. The van der Waals surface area contributed by atoms with Crippen LogP contribution in [-0.2, 0) is 11.3 Å². The average Bonchev–Trinajstić information content (AvgIpc) is 2.98. The van der Waals surface area contributed by atoms with Crippen molar-refractivity contribution in [2.24, 2.45) is 0 Å². The predicted molar refractivity (Wildman–Crippen MR) is 98.4 cm³/mol. The zero-order valence-electron chi connectivity index (χ0n) is 13.3. The first-order valence-corrected chi connectivity index (χ1v) is 8.55. The van der Waals surface area contributed by atoms with E-state index in [1.165, 1.54) is 4.68 Å². The van der Waals surface area contributed by atoms with Gasteiger partial charge in [0.1, 0.15) is 0 Å². The van der Waals surface area contributed by atoms with Crippen LogP contribution in [0, 0.1) is 0 Å². The van der Waals surface area contributed by atoms with Gasteiger partial charge < -0.3 is 9.47 Å². The Bertz CT molecular complexity index is 894. The van der Waals surface area contributed by atoms with Crippen LogP contribution in [-0.4, -0.2) is 22.9 Å². The predicted octanol–water partition coefficient (Wildman–Crippen LogP) is 4.65. The Labute approximate surface area is 158 Å². The number of carbonyl (C=O) groups excluding carboxylic acids is 1. The lowest BCUT2D eigenvalue weighted by Crippen LogP contribution is -2.11. The first kappa shape index (κ1) is 17.7. The van der Waals surface area contributed by atoms with Crippen molar-refractivity contribution in [1.29, 1.82) is 0 Å². The van der Waals surface area contributed by atoms with Crippen molar-refractivity contribution in [3.63, 3.8) is 0 Å². The third kappa shape index (κ3) is 4.28. The number of carbonyl (C=O) groups is 1. The Morgan fingerprint density at radius 3 is 2.64 bits per heavy atom. The molecule has 1 heterocycles. The standard InChI is InChI=1S/C18H14BrClN2O3/c1-24-11-15-10-17(22(21-15)16-4-2-3-14(20)9-16)25-18(23)12-5-7-13(19)8-6-12/h2-10H,11H2,1H3. The number of halogens is 2. The molecule has 5 nitrogen and oxygen atoms in total. The van der Waals surface area contributed by atoms with E-state index >= 15 is 0 Å². The Hall–Kier alpha value is -2.15. The molecule has 0 saturated carbocycles. The number of rotatable bonds is 5. The second kappa shape index (κ2) is 7.82. The molecule has 2 aromatic carbocycles. The summed E-state index contributed by atoms with van der Waals surface area (Å²) < 4.78 is 13.1. The smallest absolute Gasteiger partial charge is 0.344 e. The largest absolute Gasteiger partial charge is 0.404 e. The average molecular weight is 422 g/mol. The Morgan fingerprint density at radius 1 is 1.20 bits per heavy atom. The number of hydrogen-bond acceptors (Lipinski definition) is 4. The maximum atomic E-state index is 12.4. The zero-order valence-corrected chi connectivity index (χ0v) is 15.6. The topological polar surface area (TPSA) is 53.4 Å². The molecule has 3 aromatic rings. The summed E-state index contributed by atoms with van der Waals surface area (Å²) in [5.41, 5.74) is 1.77. The normalized spacial score (nSPS) is 10.7. The van der Waals surface area contributed by atoms with Gasteiger partial charge in [-0.05, 0) is 42.5 Å². The molecular formula is C18H14BrClN2O3. The van der Waals surface area contributed by atoms with Gasteiger partial charge in [0.15, 0.2) is 0 Å². The number of hydrogen-bond donors (Lipinski definition) is 0. The van der Waals surface area contributed by atoms with Gasteiger partial charge in [-0.3, -0.25) is 0 Å². The highest BCUT2D eigenvalue weighted by molar-refractivity contribution is 9.10. The Balaban J connectivity index is 1.94. The van der Waals surface area contributed by atoms with E-state index in [2.05, 4.69) is 21.0 Å². The summed E-state index contributed by atoms with van der Waals surface area (Å²) in [6, 6.07) is 15.7. The molecule has 0 spiro atoms. The molecule has 0 aliphatic carbocycles. The summed E-state index contributed by atoms with van der Waals surface area (Å²) in [7, 11) is 1.58. The molecule has 0 bridgehead atoms. The lowest BCUT2D eigenvalue weighted by molar-refractivity contribution is 0.0723. The van der Waals surface area contributed by atoms with Gasteiger partial charge >= 0.3 is 5.97 Å². The van der Waals surface area contributed by atoms with Gasteiger partial charge in [-0.15, -0.1) is 0 Å². The molecule has 0 saturated heterocycles. The summed E-state index contributed by atoms with van der Waals surface area (Å²) in [5, 5.41) is 4.98. The highest BCUT2D eigenvalue weighted by Gasteiger charge is 2.16. The fraction of sp³-hybridized carbons (Fsp3) is 0.111. The van der Waals surface area contributed by atoms with Gasteiger partial charge in [0.05, 0.1) is 23.6 Å². The first-order valence-electron chi connectivity index (χ1n) is 7.38. The minimum absolute atomic E-state index is 0.294. The molecule has 0 aliphatic heterocycles. The van der Waals surface area contributed by atoms with E-state index in [-0.39, 0.29) is 0 Å². The van der Waals surface area contributed by atoms with E-state index in [4.69, 9.17) is 21.1 Å². The molecule has 3 rings (SSSR count). The van der Waals surface area contributed by atoms with Crippen LogP contribution in [0.2, 0.25) is 5.02 Å². The van der Waals surface area contributed by atoms with E-state index < -0.39 is 5.97 Å². The minimum Gasteiger partial charge on any atom is -0.404 e. The SMILES string of the molecule is COCc1cc(OC(=O)c2ccc(Br)cc2)n(-c2cccc(Cl)c2)n1. The number of ether oxygens (including phenoxy) is 2. The van der Waals surface area contributed by atoms with Crippen LogP contribution in [0.25, 0.3) is 5.69 Å². The summed E-state index contributed by atoms with van der Waals surface area (Å²) in [6.45, 7) is 0.302. The molecule has 0 radical (unpaired) electrons. The second-order valence-corrected chi connectivity index (χ2v) is 6.55. The van der Waals surface area contributed by atoms with Gasteiger partial charge in [0.25, 0.3) is 0 Å². The van der Waals surface area contributed by atoms with Gasteiger partial charge in [-0.2, -0.15) is 5.10 Å². The first-order chi connectivity index (χ1) is 12.1. The lowest BCUT2D eigenvalue weighted by Gasteiger charge is -2.08. The molecule has 0 aliphatic rings.